The second-order valence-corrected chi connectivity index (χ2v) is 3.42. The molecule has 0 saturated carbocycles. The van der Waals surface area contributed by atoms with Gasteiger partial charge in [0.1, 0.15) is 5.82 Å². The summed E-state index contributed by atoms with van der Waals surface area (Å²) in [5.74, 6) is 0.924. The first-order valence-corrected chi connectivity index (χ1v) is 4.42. The van der Waals surface area contributed by atoms with Crippen molar-refractivity contribution in [1.82, 2.24) is 4.98 Å². The van der Waals surface area contributed by atoms with E-state index in [2.05, 4.69) is 11.1 Å². The van der Waals surface area contributed by atoms with Crippen LogP contribution in [0.4, 0.5) is 5.82 Å². The van der Waals surface area contributed by atoms with Crippen LogP contribution in [0.5, 0.6) is 0 Å². The number of rotatable bonds is 0. The van der Waals surface area contributed by atoms with Crippen molar-refractivity contribution in [2.24, 2.45) is 0 Å². The Labute approximate surface area is 77.4 Å². The van der Waals surface area contributed by atoms with Gasteiger partial charge >= 0.3 is 0 Å². The van der Waals surface area contributed by atoms with Crippen LogP contribution in [0.2, 0.25) is 0 Å². The number of fused-ring (bicyclic) bond motifs is 1. The van der Waals surface area contributed by atoms with Crippen molar-refractivity contribution in [3.8, 4) is 0 Å². The van der Waals surface area contributed by atoms with Gasteiger partial charge in [0.25, 0.3) is 0 Å². The van der Waals surface area contributed by atoms with Crippen LogP contribution >= 0.6 is 0 Å². The molecule has 3 heteroatoms. The monoisotopic (exact) mass is 176 g/mol. The molecule has 0 atom stereocenters. The van der Waals surface area contributed by atoms with Crippen molar-refractivity contribution in [3.63, 3.8) is 0 Å². The smallest absolute Gasteiger partial charge is 0.225 e. The number of nitrogens with zero attached hydrogens (tertiary/aromatic N) is 2. The van der Waals surface area contributed by atoms with Crippen molar-refractivity contribution in [1.29, 1.82) is 0 Å². The van der Waals surface area contributed by atoms with Crippen LogP contribution in [-0.4, -0.2) is 17.4 Å². The SMILES string of the molecule is CC(=O)N1CCc2cc(C)cnc21. The molecule has 0 bridgehead atoms. The Morgan fingerprint density at radius 3 is 3.08 bits per heavy atom. The maximum absolute atomic E-state index is 11.2. The zero-order valence-corrected chi connectivity index (χ0v) is 7.87. The fourth-order valence-corrected chi connectivity index (χ4v) is 1.69. The number of hydrogen-bond donors (Lipinski definition) is 0. The molecule has 2 rings (SSSR count). The number of anilines is 1. The third-order valence-electron chi connectivity index (χ3n) is 2.32. The summed E-state index contributed by atoms with van der Waals surface area (Å²) in [6, 6.07) is 2.10. The lowest BCUT2D eigenvalue weighted by Gasteiger charge is -2.12. The van der Waals surface area contributed by atoms with Gasteiger partial charge < -0.3 is 0 Å². The maximum Gasteiger partial charge on any atom is 0.225 e. The van der Waals surface area contributed by atoms with Crippen LogP contribution in [0.3, 0.4) is 0 Å². The minimum Gasteiger partial charge on any atom is -0.297 e. The number of carbonyl (C=O) groups excluding carboxylic acids is 1. The van der Waals surface area contributed by atoms with E-state index in [9.17, 15) is 4.79 Å². The summed E-state index contributed by atoms with van der Waals surface area (Å²) in [6.07, 6.45) is 2.74. The van der Waals surface area contributed by atoms with E-state index in [1.54, 1.807) is 18.0 Å². The van der Waals surface area contributed by atoms with Crippen molar-refractivity contribution in [3.05, 3.63) is 23.4 Å². The van der Waals surface area contributed by atoms with Crippen molar-refractivity contribution < 1.29 is 4.79 Å². The standard InChI is InChI=1S/C10H12N2O/c1-7-5-9-3-4-12(8(2)13)10(9)11-6-7/h5-6H,3-4H2,1-2H3. The van der Waals surface area contributed by atoms with Crippen molar-refractivity contribution in [2.75, 3.05) is 11.4 Å². The normalized spacial score (nSPS) is 14.5. The summed E-state index contributed by atoms with van der Waals surface area (Å²) in [5, 5.41) is 0. The van der Waals surface area contributed by atoms with E-state index in [-0.39, 0.29) is 5.91 Å². The van der Waals surface area contributed by atoms with E-state index in [0.29, 0.717) is 0 Å². The quantitative estimate of drug-likeness (QED) is 0.597. The molecule has 1 aliphatic rings. The second kappa shape index (κ2) is 2.83. The number of aromatic nitrogens is 1. The van der Waals surface area contributed by atoms with Gasteiger partial charge in [0, 0.05) is 19.7 Å². The van der Waals surface area contributed by atoms with Gasteiger partial charge in [0.2, 0.25) is 5.91 Å². The van der Waals surface area contributed by atoms with Gasteiger partial charge in [-0.15, -0.1) is 0 Å². The molecule has 68 valence electrons. The van der Waals surface area contributed by atoms with Crippen LogP contribution in [0.25, 0.3) is 0 Å². The Bertz CT molecular complexity index is 360. The molecule has 0 unspecified atom stereocenters. The number of carbonyl (C=O) groups is 1. The first kappa shape index (κ1) is 8.23. The number of pyridine rings is 1. The second-order valence-electron chi connectivity index (χ2n) is 3.42. The fourth-order valence-electron chi connectivity index (χ4n) is 1.69. The van der Waals surface area contributed by atoms with Crippen molar-refractivity contribution >= 4 is 11.7 Å². The third-order valence-corrected chi connectivity index (χ3v) is 2.32. The zero-order valence-electron chi connectivity index (χ0n) is 7.87. The lowest BCUT2D eigenvalue weighted by Crippen LogP contribution is -2.26. The minimum absolute atomic E-state index is 0.0788. The number of hydrogen-bond acceptors (Lipinski definition) is 2. The molecule has 2 heterocycles. The summed E-state index contributed by atoms with van der Waals surface area (Å²) in [4.78, 5) is 17.2. The van der Waals surface area contributed by atoms with Gasteiger partial charge in [-0.05, 0) is 24.5 Å². The molecule has 1 aromatic rings. The van der Waals surface area contributed by atoms with Gasteiger partial charge in [0.05, 0.1) is 0 Å². The minimum atomic E-state index is 0.0788. The molecule has 1 aliphatic heterocycles. The van der Waals surface area contributed by atoms with E-state index in [1.165, 1.54) is 5.56 Å². The van der Waals surface area contributed by atoms with Crippen molar-refractivity contribution in [2.45, 2.75) is 20.3 Å². The molecule has 0 fully saturated rings. The molecule has 0 aliphatic carbocycles. The number of aryl methyl sites for hydroxylation is 1. The van der Waals surface area contributed by atoms with E-state index in [0.717, 1.165) is 24.3 Å². The molecular formula is C10H12N2O. The third kappa shape index (κ3) is 1.30. The molecule has 1 amide bonds. The summed E-state index contributed by atoms with van der Waals surface area (Å²) in [5.41, 5.74) is 2.35. The first-order valence-electron chi connectivity index (χ1n) is 4.42. The summed E-state index contributed by atoms with van der Waals surface area (Å²) >= 11 is 0. The average Bonchev–Trinajstić information content (AvgIpc) is 2.46. The predicted octanol–water partition coefficient (Wildman–Crippen LogP) is 1.30. The molecule has 0 saturated heterocycles. The maximum atomic E-state index is 11.2. The Hall–Kier alpha value is -1.38. The molecule has 0 spiro atoms. The van der Waals surface area contributed by atoms with Gasteiger partial charge in [-0.25, -0.2) is 4.98 Å². The molecule has 0 N–H and O–H groups in total. The summed E-state index contributed by atoms with van der Waals surface area (Å²) in [6.45, 7) is 4.38. The van der Waals surface area contributed by atoms with E-state index >= 15 is 0 Å². The van der Waals surface area contributed by atoms with Gasteiger partial charge in [-0.2, -0.15) is 0 Å². The molecule has 3 nitrogen and oxygen atoms in total. The largest absolute Gasteiger partial charge is 0.297 e. The molecule has 1 aromatic heterocycles. The molecule has 13 heavy (non-hydrogen) atoms. The highest BCUT2D eigenvalue weighted by Crippen LogP contribution is 2.25. The lowest BCUT2D eigenvalue weighted by atomic mass is 10.2. The Morgan fingerprint density at radius 1 is 1.62 bits per heavy atom. The van der Waals surface area contributed by atoms with Crippen LogP contribution in [0.15, 0.2) is 12.3 Å². The van der Waals surface area contributed by atoms with E-state index < -0.39 is 0 Å². The van der Waals surface area contributed by atoms with E-state index in [4.69, 9.17) is 0 Å². The van der Waals surface area contributed by atoms with Crippen LogP contribution < -0.4 is 4.90 Å². The van der Waals surface area contributed by atoms with Gasteiger partial charge in [0.15, 0.2) is 0 Å². The first-order chi connectivity index (χ1) is 6.18. The summed E-state index contributed by atoms with van der Waals surface area (Å²) in [7, 11) is 0. The highest BCUT2D eigenvalue weighted by atomic mass is 16.2. The molecule has 0 aromatic carbocycles. The Balaban J connectivity index is 2.44. The van der Waals surface area contributed by atoms with Crippen LogP contribution in [0.1, 0.15) is 18.1 Å². The summed E-state index contributed by atoms with van der Waals surface area (Å²) < 4.78 is 0. The highest BCUT2D eigenvalue weighted by molar-refractivity contribution is 5.92. The van der Waals surface area contributed by atoms with Gasteiger partial charge in [-0.1, -0.05) is 6.07 Å². The topological polar surface area (TPSA) is 33.2 Å². The Kier molecular flexibility index (Phi) is 1.79. The molecular weight excluding hydrogens is 164 g/mol. The predicted molar refractivity (Wildman–Crippen MR) is 50.7 cm³/mol. The van der Waals surface area contributed by atoms with Crippen LogP contribution in [-0.2, 0) is 11.2 Å². The number of amides is 1. The van der Waals surface area contributed by atoms with E-state index in [1.807, 2.05) is 6.92 Å². The van der Waals surface area contributed by atoms with Crippen LogP contribution in [0, 0.1) is 6.92 Å². The highest BCUT2D eigenvalue weighted by Gasteiger charge is 2.22. The fraction of sp³-hybridized carbons (Fsp3) is 0.400. The average molecular weight is 176 g/mol. The molecule has 0 radical (unpaired) electrons. The lowest BCUT2D eigenvalue weighted by molar-refractivity contribution is -0.116. The Morgan fingerprint density at radius 2 is 2.38 bits per heavy atom. The zero-order chi connectivity index (χ0) is 9.42. The van der Waals surface area contributed by atoms with Gasteiger partial charge in [-0.3, -0.25) is 9.69 Å².